The van der Waals surface area contributed by atoms with E-state index in [1.807, 2.05) is 12.1 Å². The fourth-order valence-corrected chi connectivity index (χ4v) is 7.34. The Labute approximate surface area is 170 Å². The van der Waals surface area contributed by atoms with Crippen LogP contribution in [0.1, 0.15) is 60.1 Å². The Hall–Kier alpha value is -2.30. The summed E-state index contributed by atoms with van der Waals surface area (Å²) in [7, 11) is 1.41. The number of carbonyl (C=O) groups excluding carboxylic acids is 2. The number of aromatic nitrogens is 1. The highest BCUT2D eigenvalue weighted by Gasteiger charge is 2.55. The summed E-state index contributed by atoms with van der Waals surface area (Å²) < 4.78 is 4.89. The van der Waals surface area contributed by atoms with Gasteiger partial charge in [-0.25, -0.2) is 4.79 Å². The minimum Gasteiger partial charge on any atom is -0.465 e. The maximum absolute atomic E-state index is 13.8. The second-order valence-electron chi connectivity index (χ2n) is 10.0. The minimum atomic E-state index is -0.320. The number of carbonyl (C=O) groups is 2. The lowest BCUT2D eigenvalue weighted by Gasteiger charge is -2.56. The molecule has 4 saturated carbocycles. The Morgan fingerprint density at radius 1 is 1.10 bits per heavy atom. The number of benzene rings is 1. The van der Waals surface area contributed by atoms with Crippen molar-refractivity contribution < 1.29 is 14.3 Å². The predicted molar refractivity (Wildman–Crippen MR) is 109 cm³/mol. The van der Waals surface area contributed by atoms with Gasteiger partial charge in [-0.05, 0) is 74.5 Å². The third kappa shape index (κ3) is 2.59. The van der Waals surface area contributed by atoms with Crippen molar-refractivity contribution in [1.82, 2.24) is 9.88 Å². The number of nitrogens with one attached hydrogen (secondary N) is 1. The van der Waals surface area contributed by atoms with Crippen LogP contribution in [-0.4, -0.2) is 35.4 Å². The van der Waals surface area contributed by atoms with Gasteiger partial charge < -0.3 is 14.6 Å². The van der Waals surface area contributed by atoms with Crippen LogP contribution in [-0.2, 0) is 22.5 Å². The lowest BCUT2D eigenvalue weighted by atomic mass is 9.49. The third-order valence-corrected chi connectivity index (χ3v) is 8.18. The lowest BCUT2D eigenvalue weighted by Crippen LogP contribution is -2.55. The van der Waals surface area contributed by atoms with Crippen LogP contribution < -0.4 is 0 Å². The molecule has 2 heterocycles. The molecule has 2 aromatic rings. The monoisotopic (exact) mass is 392 g/mol. The zero-order chi connectivity index (χ0) is 19.8. The quantitative estimate of drug-likeness (QED) is 0.784. The van der Waals surface area contributed by atoms with Gasteiger partial charge in [0.15, 0.2) is 0 Å². The van der Waals surface area contributed by atoms with Crippen molar-refractivity contribution in [2.75, 3.05) is 13.7 Å². The fraction of sp³-hybridized carbons (Fsp3) is 0.583. The fourth-order valence-electron chi connectivity index (χ4n) is 7.34. The third-order valence-electron chi connectivity index (χ3n) is 8.18. The van der Waals surface area contributed by atoms with E-state index in [9.17, 15) is 9.59 Å². The Bertz CT molecular complexity index is 985. The number of aromatic amines is 1. The van der Waals surface area contributed by atoms with Crippen LogP contribution in [0.15, 0.2) is 18.2 Å². The SMILES string of the molecule is COC(=O)c1ccc2[nH]c3c(c2c1)CN(C(=O)C12CC4CC(CC(C4)C1)C2)CC3. The summed E-state index contributed by atoms with van der Waals surface area (Å²) in [6.45, 7) is 1.45. The van der Waals surface area contributed by atoms with Gasteiger partial charge in [-0.1, -0.05) is 0 Å². The summed E-state index contributed by atoms with van der Waals surface area (Å²) in [4.78, 5) is 31.4. The predicted octanol–water partition coefficient (Wildman–Crippen LogP) is 4.06. The number of nitrogens with zero attached hydrogens (tertiary/aromatic N) is 1. The number of rotatable bonds is 2. The molecule has 0 saturated heterocycles. The largest absolute Gasteiger partial charge is 0.465 e. The number of methoxy groups -OCH3 is 1. The molecule has 1 aromatic heterocycles. The Morgan fingerprint density at radius 2 is 1.79 bits per heavy atom. The molecule has 152 valence electrons. The van der Waals surface area contributed by atoms with Crippen molar-refractivity contribution in [2.45, 2.75) is 51.5 Å². The van der Waals surface area contributed by atoms with Crippen molar-refractivity contribution in [1.29, 1.82) is 0 Å². The van der Waals surface area contributed by atoms with Gasteiger partial charge in [-0.2, -0.15) is 0 Å². The van der Waals surface area contributed by atoms with E-state index in [0.717, 1.165) is 60.9 Å². The van der Waals surface area contributed by atoms with E-state index in [-0.39, 0.29) is 11.4 Å². The number of H-pyrrole nitrogens is 1. The van der Waals surface area contributed by atoms with Gasteiger partial charge in [0.25, 0.3) is 0 Å². The molecule has 0 unspecified atom stereocenters. The zero-order valence-corrected chi connectivity index (χ0v) is 17.0. The van der Waals surface area contributed by atoms with E-state index in [4.69, 9.17) is 4.74 Å². The second-order valence-corrected chi connectivity index (χ2v) is 10.0. The molecule has 29 heavy (non-hydrogen) atoms. The summed E-state index contributed by atoms with van der Waals surface area (Å²) in [5.41, 5.74) is 3.89. The van der Waals surface area contributed by atoms with Crippen molar-refractivity contribution in [3.8, 4) is 0 Å². The number of fused-ring (bicyclic) bond motifs is 3. The van der Waals surface area contributed by atoms with Crippen LogP contribution in [0, 0.1) is 23.2 Å². The van der Waals surface area contributed by atoms with E-state index in [1.165, 1.54) is 37.6 Å². The smallest absolute Gasteiger partial charge is 0.337 e. The molecular weight excluding hydrogens is 364 g/mol. The molecule has 4 aliphatic carbocycles. The highest BCUT2D eigenvalue weighted by molar-refractivity contribution is 5.96. The van der Waals surface area contributed by atoms with Crippen LogP contribution in [0.25, 0.3) is 10.9 Å². The maximum atomic E-state index is 13.8. The maximum Gasteiger partial charge on any atom is 0.337 e. The Balaban J connectivity index is 1.32. The first-order valence-corrected chi connectivity index (χ1v) is 11.1. The van der Waals surface area contributed by atoms with Gasteiger partial charge in [-0.15, -0.1) is 0 Å². The molecule has 1 amide bonds. The molecule has 0 radical (unpaired) electrons. The zero-order valence-electron chi connectivity index (χ0n) is 17.0. The molecule has 5 heteroatoms. The van der Waals surface area contributed by atoms with Crippen LogP contribution >= 0.6 is 0 Å². The van der Waals surface area contributed by atoms with Crippen LogP contribution in [0.4, 0.5) is 0 Å². The number of hydrogen-bond acceptors (Lipinski definition) is 3. The average molecular weight is 392 g/mol. The summed E-state index contributed by atoms with van der Waals surface area (Å²) >= 11 is 0. The molecule has 5 nitrogen and oxygen atoms in total. The molecule has 4 bridgehead atoms. The first-order chi connectivity index (χ1) is 14.0. The Kier molecular flexibility index (Phi) is 3.69. The van der Waals surface area contributed by atoms with E-state index >= 15 is 0 Å². The van der Waals surface area contributed by atoms with Gasteiger partial charge in [0, 0.05) is 41.7 Å². The number of ether oxygens (including phenoxy) is 1. The van der Waals surface area contributed by atoms with Gasteiger partial charge >= 0.3 is 5.97 Å². The molecule has 0 spiro atoms. The molecule has 1 aliphatic heterocycles. The topological polar surface area (TPSA) is 62.4 Å². The average Bonchev–Trinajstić information content (AvgIpc) is 3.08. The van der Waals surface area contributed by atoms with Gasteiger partial charge in [0.05, 0.1) is 18.1 Å². The summed E-state index contributed by atoms with van der Waals surface area (Å²) in [6, 6.07) is 5.66. The van der Waals surface area contributed by atoms with E-state index < -0.39 is 0 Å². The molecule has 1 N–H and O–H groups in total. The number of amides is 1. The van der Waals surface area contributed by atoms with Crippen molar-refractivity contribution in [3.63, 3.8) is 0 Å². The van der Waals surface area contributed by atoms with E-state index in [0.29, 0.717) is 18.0 Å². The normalized spacial score (nSPS) is 32.4. The minimum absolute atomic E-state index is 0.0878. The van der Waals surface area contributed by atoms with Gasteiger partial charge in [0.1, 0.15) is 0 Å². The summed E-state index contributed by atoms with van der Waals surface area (Å²) in [6.07, 6.45) is 8.26. The standard InChI is InChI=1S/C24H28N2O3/c1-29-22(27)17-2-3-20-18(9-17)19-13-26(5-4-21(19)25-20)23(28)24-10-14-6-15(11-24)8-16(7-14)12-24/h2-3,9,14-16,25H,4-8,10-13H2,1H3. The van der Waals surface area contributed by atoms with Gasteiger partial charge in [-0.3, -0.25) is 4.79 Å². The lowest BCUT2D eigenvalue weighted by molar-refractivity contribution is -0.158. The van der Waals surface area contributed by atoms with Crippen LogP contribution in [0.2, 0.25) is 0 Å². The van der Waals surface area contributed by atoms with Crippen LogP contribution in [0.5, 0.6) is 0 Å². The van der Waals surface area contributed by atoms with E-state index in [1.54, 1.807) is 6.07 Å². The Morgan fingerprint density at radius 3 is 2.45 bits per heavy atom. The molecule has 1 aromatic carbocycles. The molecule has 0 atom stereocenters. The van der Waals surface area contributed by atoms with Crippen molar-refractivity contribution >= 4 is 22.8 Å². The first kappa shape index (κ1) is 17.5. The summed E-state index contributed by atoms with van der Waals surface area (Å²) in [5, 5.41) is 1.05. The highest BCUT2D eigenvalue weighted by Crippen LogP contribution is 2.60. The molecule has 7 rings (SSSR count). The number of hydrogen-bond donors (Lipinski definition) is 1. The highest BCUT2D eigenvalue weighted by atomic mass is 16.5. The van der Waals surface area contributed by atoms with E-state index in [2.05, 4.69) is 9.88 Å². The van der Waals surface area contributed by atoms with Crippen LogP contribution in [0.3, 0.4) is 0 Å². The molecule has 4 fully saturated rings. The molecule has 5 aliphatic rings. The van der Waals surface area contributed by atoms with Gasteiger partial charge in [0.2, 0.25) is 5.91 Å². The second kappa shape index (κ2) is 6.10. The number of esters is 1. The van der Waals surface area contributed by atoms with Crippen molar-refractivity contribution in [3.05, 3.63) is 35.0 Å². The summed E-state index contributed by atoms with van der Waals surface area (Å²) in [5.74, 6) is 2.42. The molecular formula is C24H28N2O3. The van der Waals surface area contributed by atoms with Crippen molar-refractivity contribution in [2.24, 2.45) is 23.2 Å². The first-order valence-electron chi connectivity index (χ1n) is 11.1.